The molecule has 0 bridgehead atoms. The van der Waals surface area contributed by atoms with Gasteiger partial charge in [-0.2, -0.15) is 0 Å². The van der Waals surface area contributed by atoms with Crippen LogP contribution in [0.3, 0.4) is 0 Å². The molecule has 3 aromatic rings. The van der Waals surface area contributed by atoms with Gasteiger partial charge in [-0.3, -0.25) is 9.59 Å². The summed E-state index contributed by atoms with van der Waals surface area (Å²) in [7, 11) is 3.21. The van der Waals surface area contributed by atoms with Crippen LogP contribution in [0.15, 0.2) is 78.9 Å². The normalized spacial score (nSPS) is 16.0. The zero-order valence-electron chi connectivity index (χ0n) is 24.0. The first-order valence-electron chi connectivity index (χ1n) is 14.1. The van der Waals surface area contributed by atoms with Gasteiger partial charge in [0, 0.05) is 37.1 Å². The van der Waals surface area contributed by atoms with Crippen LogP contribution < -0.4 is 25.0 Å². The molecule has 2 saturated heterocycles. The van der Waals surface area contributed by atoms with E-state index in [1.54, 1.807) is 30.1 Å². The van der Waals surface area contributed by atoms with E-state index < -0.39 is 5.54 Å². The number of ether oxygens (including phenoxy) is 2. The molecule has 220 valence electrons. The van der Waals surface area contributed by atoms with E-state index in [9.17, 15) is 14.4 Å². The number of para-hydroxylation sites is 2. The number of hydrogen-bond donors (Lipinski definition) is 2. The first-order chi connectivity index (χ1) is 20.4. The van der Waals surface area contributed by atoms with Gasteiger partial charge in [0.15, 0.2) is 0 Å². The third-order valence-electron chi connectivity index (χ3n) is 8.02. The molecule has 5 rings (SSSR count). The highest BCUT2D eigenvalue weighted by Gasteiger charge is 2.54. The maximum Gasteiger partial charge on any atom is 0.321 e. The first kappa shape index (κ1) is 28.8. The molecular formula is C32H37N5O5. The lowest BCUT2D eigenvalue weighted by molar-refractivity contribution is -0.137. The van der Waals surface area contributed by atoms with Gasteiger partial charge in [-0.05, 0) is 55.2 Å². The molecule has 3 aromatic carbocycles. The molecule has 0 atom stereocenters. The summed E-state index contributed by atoms with van der Waals surface area (Å²) in [5.74, 6) is 1.15. The number of nitrogens with zero attached hydrogens (tertiary/aromatic N) is 3. The highest BCUT2D eigenvalue weighted by atomic mass is 16.5. The molecule has 0 aromatic heterocycles. The van der Waals surface area contributed by atoms with Gasteiger partial charge in [-0.25, -0.2) is 4.79 Å². The Morgan fingerprint density at radius 1 is 0.905 bits per heavy atom. The fourth-order valence-corrected chi connectivity index (χ4v) is 5.78. The molecule has 0 unspecified atom stereocenters. The van der Waals surface area contributed by atoms with Gasteiger partial charge in [0.2, 0.25) is 5.91 Å². The summed E-state index contributed by atoms with van der Waals surface area (Å²) in [6.45, 7) is 1.52. The molecule has 4 amide bonds. The number of rotatable bonds is 9. The van der Waals surface area contributed by atoms with Gasteiger partial charge in [-0.1, -0.05) is 42.5 Å². The number of nitrogens with one attached hydrogen (secondary N) is 2. The molecule has 2 aliphatic rings. The molecule has 0 saturated carbocycles. The van der Waals surface area contributed by atoms with Crippen molar-refractivity contribution in [3.05, 3.63) is 84.4 Å². The lowest BCUT2D eigenvalue weighted by Crippen LogP contribution is -2.58. The van der Waals surface area contributed by atoms with Crippen LogP contribution in [0, 0.1) is 0 Å². The summed E-state index contributed by atoms with van der Waals surface area (Å²) in [4.78, 5) is 45.4. The van der Waals surface area contributed by atoms with E-state index in [-0.39, 0.29) is 24.4 Å². The van der Waals surface area contributed by atoms with E-state index >= 15 is 0 Å². The lowest BCUT2D eigenvalue weighted by Gasteiger charge is -2.43. The number of carbonyl (C=O) groups excluding carboxylic acids is 3. The van der Waals surface area contributed by atoms with Crippen LogP contribution in [0.5, 0.6) is 11.5 Å². The molecule has 0 radical (unpaired) electrons. The van der Waals surface area contributed by atoms with Gasteiger partial charge in [0.05, 0.1) is 20.9 Å². The maximum absolute atomic E-state index is 14.0. The Morgan fingerprint density at radius 3 is 2.38 bits per heavy atom. The van der Waals surface area contributed by atoms with E-state index in [4.69, 9.17) is 9.47 Å². The Balaban J connectivity index is 1.23. The zero-order chi connectivity index (χ0) is 29.5. The standard InChI is InChI=1S/C32H37N5O5/c1-41-27-13-8-10-25(21-27)34-31(40)35-19-16-32(17-20-35)30(39)36(23-37(32)26-11-4-3-5-12-26)22-29(38)33-18-15-24-9-6-7-14-28(24)42-2/h3-14,21H,15-20,22-23H2,1-2H3,(H,33,38)(H,34,40). The quantitative estimate of drug-likeness (QED) is 0.406. The Hall–Kier alpha value is -4.73. The number of hydrogen-bond acceptors (Lipinski definition) is 6. The minimum Gasteiger partial charge on any atom is -0.497 e. The van der Waals surface area contributed by atoms with Crippen LogP contribution in [-0.4, -0.2) is 80.3 Å². The van der Waals surface area contributed by atoms with Crippen molar-refractivity contribution < 1.29 is 23.9 Å². The van der Waals surface area contributed by atoms with Crippen LogP contribution in [0.4, 0.5) is 16.2 Å². The average molecular weight is 572 g/mol. The van der Waals surface area contributed by atoms with Gasteiger partial charge in [0.25, 0.3) is 5.91 Å². The first-order valence-corrected chi connectivity index (χ1v) is 14.1. The van der Waals surface area contributed by atoms with E-state index in [0.717, 1.165) is 17.0 Å². The second-order valence-electron chi connectivity index (χ2n) is 10.5. The zero-order valence-corrected chi connectivity index (χ0v) is 24.0. The number of methoxy groups -OCH3 is 2. The summed E-state index contributed by atoms with van der Waals surface area (Å²) in [6.07, 6.45) is 1.54. The smallest absolute Gasteiger partial charge is 0.321 e. The molecule has 2 N–H and O–H groups in total. The highest BCUT2D eigenvalue weighted by molar-refractivity contribution is 5.97. The molecule has 2 fully saturated rings. The Morgan fingerprint density at radius 2 is 1.64 bits per heavy atom. The molecule has 42 heavy (non-hydrogen) atoms. The van der Waals surface area contributed by atoms with Crippen molar-refractivity contribution in [2.75, 3.05) is 57.3 Å². The second-order valence-corrected chi connectivity index (χ2v) is 10.5. The van der Waals surface area contributed by atoms with Crippen molar-refractivity contribution in [3.8, 4) is 11.5 Å². The van der Waals surface area contributed by atoms with Crippen molar-refractivity contribution in [3.63, 3.8) is 0 Å². The average Bonchev–Trinajstić information content (AvgIpc) is 3.28. The summed E-state index contributed by atoms with van der Waals surface area (Å²) < 4.78 is 10.7. The molecule has 2 aliphatic heterocycles. The van der Waals surface area contributed by atoms with E-state index in [0.29, 0.717) is 57.0 Å². The van der Waals surface area contributed by atoms with Crippen molar-refractivity contribution in [1.82, 2.24) is 15.1 Å². The van der Waals surface area contributed by atoms with Crippen LogP contribution in [0.25, 0.3) is 0 Å². The minimum absolute atomic E-state index is 0.0319. The van der Waals surface area contributed by atoms with Crippen molar-refractivity contribution in [2.24, 2.45) is 0 Å². The fraction of sp³-hybridized carbons (Fsp3) is 0.344. The van der Waals surface area contributed by atoms with Crippen molar-refractivity contribution >= 4 is 29.2 Å². The van der Waals surface area contributed by atoms with Crippen molar-refractivity contribution in [1.29, 1.82) is 0 Å². The molecule has 1 spiro atoms. The summed E-state index contributed by atoms with van der Waals surface area (Å²) >= 11 is 0. The molecular weight excluding hydrogens is 534 g/mol. The Bertz CT molecular complexity index is 1410. The number of likely N-dealkylation sites (tertiary alicyclic amines) is 1. The molecule has 0 aliphatic carbocycles. The minimum atomic E-state index is -0.828. The van der Waals surface area contributed by atoms with Gasteiger partial charge < -0.3 is 34.8 Å². The van der Waals surface area contributed by atoms with E-state index in [2.05, 4.69) is 15.5 Å². The fourth-order valence-electron chi connectivity index (χ4n) is 5.78. The van der Waals surface area contributed by atoms with Crippen molar-refractivity contribution in [2.45, 2.75) is 24.8 Å². The Labute approximate surface area is 246 Å². The second kappa shape index (κ2) is 12.8. The topological polar surface area (TPSA) is 103 Å². The molecule has 10 nitrogen and oxygen atoms in total. The maximum atomic E-state index is 14.0. The predicted octanol–water partition coefficient (Wildman–Crippen LogP) is 3.74. The largest absolute Gasteiger partial charge is 0.497 e. The van der Waals surface area contributed by atoms with Crippen LogP contribution in [0.1, 0.15) is 18.4 Å². The number of amides is 4. The number of anilines is 2. The highest BCUT2D eigenvalue weighted by Crippen LogP contribution is 2.39. The molecule has 10 heteroatoms. The SMILES string of the molecule is COc1cccc(NC(=O)N2CCC3(CC2)C(=O)N(CC(=O)NCCc2ccccc2OC)CN3c2ccccc2)c1. The van der Waals surface area contributed by atoms with E-state index in [1.165, 1.54) is 0 Å². The number of benzene rings is 3. The predicted molar refractivity (Wildman–Crippen MR) is 161 cm³/mol. The number of piperidine rings is 1. The lowest BCUT2D eigenvalue weighted by atomic mass is 9.85. The summed E-state index contributed by atoms with van der Waals surface area (Å²) in [5.41, 5.74) is 1.74. The van der Waals surface area contributed by atoms with Crippen LogP contribution in [0.2, 0.25) is 0 Å². The van der Waals surface area contributed by atoms with E-state index in [1.807, 2.05) is 72.8 Å². The van der Waals surface area contributed by atoms with Gasteiger partial charge in [0.1, 0.15) is 23.6 Å². The number of urea groups is 1. The summed E-state index contributed by atoms with van der Waals surface area (Å²) in [5, 5.41) is 5.88. The van der Waals surface area contributed by atoms with Crippen LogP contribution >= 0.6 is 0 Å². The third kappa shape index (κ3) is 6.12. The monoisotopic (exact) mass is 571 g/mol. The Kier molecular flexibility index (Phi) is 8.80. The summed E-state index contributed by atoms with van der Waals surface area (Å²) in [6, 6.07) is 24.5. The molecule has 2 heterocycles. The van der Waals surface area contributed by atoms with Gasteiger partial charge >= 0.3 is 6.03 Å². The van der Waals surface area contributed by atoms with Gasteiger partial charge in [-0.15, -0.1) is 0 Å². The number of carbonyl (C=O) groups is 3. The van der Waals surface area contributed by atoms with Crippen LogP contribution in [-0.2, 0) is 16.0 Å². The third-order valence-corrected chi connectivity index (χ3v) is 8.02.